The lowest BCUT2D eigenvalue weighted by Gasteiger charge is -2.40. The Kier molecular flexibility index (Phi) is 37.5. The predicted molar refractivity (Wildman–Crippen MR) is 240 cm³/mol. The molecule has 1 fully saturated rings. The first-order valence-corrected chi connectivity index (χ1v) is 24.6. The van der Waals surface area contributed by atoms with E-state index in [4.69, 9.17) is 9.47 Å². The maximum Gasteiger partial charge on any atom is 0.220 e. The molecule has 0 aromatic rings. The molecule has 9 heteroatoms. The lowest BCUT2D eigenvalue weighted by atomic mass is 9.99. The smallest absolute Gasteiger partial charge is 0.220 e. The third kappa shape index (κ3) is 29.8. The quantitative estimate of drug-likeness (QED) is 0.0264. The minimum Gasteiger partial charge on any atom is -0.394 e. The van der Waals surface area contributed by atoms with Crippen LogP contribution in [0.15, 0.2) is 24.3 Å². The number of hydrogen-bond donors (Lipinski definition) is 6. The van der Waals surface area contributed by atoms with Crippen LogP contribution < -0.4 is 5.32 Å². The molecule has 6 N–H and O–H groups in total. The number of hydrogen-bond acceptors (Lipinski definition) is 8. The first-order valence-electron chi connectivity index (χ1n) is 24.6. The van der Waals surface area contributed by atoms with Gasteiger partial charge >= 0.3 is 0 Å². The highest BCUT2D eigenvalue weighted by atomic mass is 16.7. The number of unbranched alkanes of at least 4 members (excludes halogenated alkanes) is 29. The van der Waals surface area contributed by atoms with E-state index >= 15 is 0 Å². The van der Waals surface area contributed by atoms with Gasteiger partial charge in [0.1, 0.15) is 24.4 Å². The standard InChI is InChI=1S/C49H93NO8/c1-3-5-7-9-10-11-12-13-14-15-16-17-18-19-20-21-22-23-24-25-26-27-28-29-30-31-32-33-34-35-36-38-43(52)42(50-45(53)39-37-8-6-4-2)41-57-49-48(56)47(55)46(54)44(40-51)58-49/h32-33,36,38,42-44,46-49,51-52,54-56H,3-31,34-35,37,39-41H2,1-2H3,(H,50,53)/b33-32+,38-36+. The Morgan fingerprint density at radius 1 is 0.569 bits per heavy atom. The Morgan fingerprint density at radius 3 is 1.45 bits per heavy atom. The number of carbonyl (C=O) groups is 1. The fourth-order valence-electron chi connectivity index (χ4n) is 7.82. The van der Waals surface area contributed by atoms with Crippen molar-refractivity contribution in [3.05, 3.63) is 24.3 Å². The van der Waals surface area contributed by atoms with Crippen molar-refractivity contribution < 1.29 is 39.8 Å². The molecule has 1 aliphatic heterocycles. The number of amides is 1. The fourth-order valence-corrected chi connectivity index (χ4v) is 7.82. The molecule has 1 saturated heterocycles. The molecule has 0 radical (unpaired) electrons. The first kappa shape index (κ1) is 54.7. The predicted octanol–water partition coefficient (Wildman–Crippen LogP) is 10.7. The second-order valence-electron chi connectivity index (χ2n) is 17.3. The molecule has 0 bridgehead atoms. The van der Waals surface area contributed by atoms with E-state index in [1.807, 2.05) is 6.08 Å². The average Bonchev–Trinajstić information content (AvgIpc) is 3.22. The van der Waals surface area contributed by atoms with Gasteiger partial charge in [-0.15, -0.1) is 0 Å². The van der Waals surface area contributed by atoms with Gasteiger partial charge in [-0.25, -0.2) is 0 Å². The molecule has 342 valence electrons. The summed E-state index contributed by atoms with van der Waals surface area (Å²) in [6.45, 7) is 3.63. The van der Waals surface area contributed by atoms with Crippen LogP contribution in [0.4, 0.5) is 0 Å². The number of nitrogens with one attached hydrogen (secondary N) is 1. The Labute approximate surface area is 356 Å². The highest BCUT2D eigenvalue weighted by Gasteiger charge is 2.44. The summed E-state index contributed by atoms with van der Waals surface area (Å²) >= 11 is 0. The zero-order valence-corrected chi connectivity index (χ0v) is 37.6. The monoisotopic (exact) mass is 824 g/mol. The zero-order valence-electron chi connectivity index (χ0n) is 37.6. The number of aliphatic hydroxyl groups excluding tert-OH is 5. The molecule has 0 aliphatic carbocycles. The number of aliphatic hydroxyl groups is 5. The summed E-state index contributed by atoms with van der Waals surface area (Å²) in [6, 6.07) is -0.814. The molecule has 0 saturated carbocycles. The van der Waals surface area contributed by atoms with Crippen LogP contribution in [0.2, 0.25) is 0 Å². The highest BCUT2D eigenvalue weighted by molar-refractivity contribution is 5.76. The largest absolute Gasteiger partial charge is 0.394 e. The molecule has 1 rings (SSSR count). The van der Waals surface area contributed by atoms with Gasteiger partial charge in [0.15, 0.2) is 6.29 Å². The molecule has 7 unspecified atom stereocenters. The van der Waals surface area contributed by atoms with E-state index in [0.29, 0.717) is 6.42 Å². The minimum absolute atomic E-state index is 0.200. The van der Waals surface area contributed by atoms with Gasteiger partial charge in [0, 0.05) is 6.42 Å². The van der Waals surface area contributed by atoms with E-state index in [1.165, 1.54) is 161 Å². The number of rotatable bonds is 41. The third-order valence-corrected chi connectivity index (χ3v) is 11.8. The van der Waals surface area contributed by atoms with Crippen LogP contribution in [-0.4, -0.2) is 87.5 Å². The summed E-state index contributed by atoms with van der Waals surface area (Å²) in [5, 5.41) is 53.7. The summed E-state index contributed by atoms with van der Waals surface area (Å²) in [7, 11) is 0. The Morgan fingerprint density at radius 2 is 0.983 bits per heavy atom. The molecule has 1 heterocycles. The maximum absolute atomic E-state index is 12.6. The first-order chi connectivity index (χ1) is 28.3. The van der Waals surface area contributed by atoms with E-state index in [2.05, 4.69) is 31.3 Å². The molecule has 9 nitrogen and oxygen atoms in total. The van der Waals surface area contributed by atoms with Crippen molar-refractivity contribution in [2.45, 2.75) is 269 Å². The van der Waals surface area contributed by atoms with Crippen LogP contribution >= 0.6 is 0 Å². The molecular weight excluding hydrogens is 731 g/mol. The van der Waals surface area contributed by atoms with Gasteiger partial charge in [-0.1, -0.05) is 212 Å². The summed E-state index contributed by atoms with van der Waals surface area (Å²) < 4.78 is 11.1. The van der Waals surface area contributed by atoms with Crippen LogP contribution in [0.3, 0.4) is 0 Å². The zero-order chi connectivity index (χ0) is 42.3. The Hall–Kier alpha value is -1.33. The summed E-state index contributed by atoms with van der Waals surface area (Å²) in [6.07, 6.45) is 41.9. The van der Waals surface area contributed by atoms with Crippen LogP contribution in [0, 0.1) is 0 Å². The summed E-state index contributed by atoms with van der Waals surface area (Å²) in [5.74, 6) is -0.204. The number of allylic oxidation sites excluding steroid dienone is 3. The van der Waals surface area contributed by atoms with Crippen molar-refractivity contribution in [1.82, 2.24) is 5.32 Å². The molecule has 0 aromatic carbocycles. The molecule has 0 aromatic heterocycles. The average molecular weight is 824 g/mol. The van der Waals surface area contributed by atoms with Crippen molar-refractivity contribution in [2.75, 3.05) is 13.2 Å². The van der Waals surface area contributed by atoms with Crippen molar-refractivity contribution in [3.63, 3.8) is 0 Å². The topological polar surface area (TPSA) is 149 Å². The molecular formula is C49H93NO8. The van der Waals surface area contributed by atoms with Crippen molar-refractivity contribution in [2.24, 2.45) is 0 Å². The highest BCUT2D eigenvalue weighted by Crippen LogP contribution is 2.23. The molecule has 7 atom stereocenters. The Balaban J connectivity index is 2.07. The number of ether oxygens (including phenoxy) is 2. The lowest BCUT2D eigenvalue weighted by Crippen LogP contribution is -2.60. The second-order valence-corrected chi connectivity index (χ2v) is 17.3. The van der Waals surface area contributed by atoms with Crippen molar-refractivity contribution >= 4 is 5.91 Å². The second kappa shape index (κ2) is 39.8. The van der Waals surface area contributed by atoms with Gasteiger partial charge in [-0.3, -0.25) is 4.79 Å². The molecule has 1 amide bonds. The van der Waals surface area contributed by atoms with Gasteiger partial charge < -0.3 is 40.3 Å². The van der Waals surface area contributed by atoms with Crippen LogP contribution in [0.5, 0.6) is 0 Å². The minimum atomic E-state index is -1.57. The lowest BCUT2D eigenvalue weighted by molar-refractivity contribution is -0.302. The van der Waals surface area contributed by atoms with Gasteiger partial charge in [0.2, 0.25) is 5.91 Å². The van der Waals surface area contributed by atoms with E-state index < -0.39 is 49.5 Å². The van der Waals surface area contributed by atoms with Gasteiger partial charge in [-0.05, 0) is 32.1 Å². The SMILES string of the molecule is CCCCCCCCCCCCCCCCCCCCCCCCCCC/C=C/CC/C=C/C(O)C(COC1OC(CO)C(O)C(O)C1O)NC(=O)CCCCCC. The van der Waals surface area contributed by atoms with E-state index in [-0.39, 0.29) is 12.5 Å². The van der Waals surface area contributed by atoms with E-state index in [1.54, 1.807) is 6.08 Å². The van der Waals surface area contributed by atoms with E-state index in [9.17, 15) is 30.3 Å². The molecule has 0 spiro atoms. The molecule has 58 heavy (non-hydrogen) atoms. The summed E-state index contributed by atoms with van der Waals surface area (Å²) in [4.78, 5) is 12.6. The van der Waals surface area contributed by atoms with Crippen LogP contribution in [0.25, 0.3) is 0 Å². The van der Waals surface area contributed by atoms with E-state index in [0.717, 1.165) is 44.9 Å². The van der Waals surface area contributed by atoms with Gasteiger partial charge in [-0.2, -0.15) is 0 Å². The van der Waals surface area contributed by atoms with Crippen molar-refractivity contribution in [1.29, 1.82) is 0 Å². The number of carbonyl (C=O) groups excluding carboxylic acids is 1. The summed E-state index contributed by atoms with van der Waals surface area (Å²) in [5.41, 5.74) is 0. The Bertz CT molecular complexity index is 961. The normalized spacial score (nSPS) is 21.0. The fraction of sp³-hybridized carbons (Fsp3) is 0.898. The van der Waals surface area contributed by atoms with Gasteiger partial charge in [0.25, 0.3) is 0 Å². The van der Waals surface area contributed by atoms with Crippen LogP contribution in [0.1, 0.15) is 226 Å². The molecule has 1 aliphatic rings. The van der Waals surface area contributed by atoms with Crippen molar-refractivity contribution in [3.8, 4) is 0 Å². The third-order valence-electron chi connectivity index (χ3n) is 11.8. The van der Waals surface area contributed by atoms with Gasteiger partial charge in [0.05, 0.1) is 25.4 Å². The maximum atomic E-state index is 12.6. The van der Waals surface area contributed by atoms with Crippen LogP contribution in [-0.2, 0) is 14.3 Å².